The molecule has 0 aliphatic carbocycles. The zero-order valence-electron chi connectivity index (χ0n) is 32.8. The quantitative estimate of drug-likeness (QED) is 0.0503. The first kappa shape index (κ1) is 44.1. The van der Waals surface area contributed by atoms with E-state index >= 15 is 0 Å². The van der Waals surface area contributed by atoms with E-state index in [1.807, 2.05) is 0 Å². The second-order valence-electron chi connectivity index (χ2n) is 15.5. The molecule has 0 radical (unpaired) electrons. The van der Waals surface area contributed by atoms with Gasteiger partial charge in [0.2, 0.25) is 0 Å². The zero-order valence-corrected chi connectivity index (χ0v) is 34.6. The van der Waals surface area contributed by atoms with Crippen molar-refractivity contribution >= 4 is 14.5 Å². The Morgan fingerprint density at radius 3 is 0.761 bits per heavy atom. The smallest absolute Gasteiger partial charge is 0.0654 e. The number of rotatable bonds is 34. The van der Waals surface area contributed by atoms with Crippen LogP contribution < -0.4 is 0 Å². The van der Waals surface area contributed by atoms with Crippen LogP contribution >= 0.6 is 14.5 Å². The fourth-order valence-electron chi connectivity index (χ4n) is 7.83. The molecule has 46 heavy (non-hydrogen) atoms. The minimum Gasteiger partial charge on any atom is -0.0654 e. The van der Waals surface area contributed by atoms with Gasteiger partial charge in [0.05, 0.1) is 49.3 Å². The Hall–Kier alpha value is 0.0800. The Kier molecular flexibility index (Phi) is 28.7. The Morgan fingerprint density at radius 2 is 0.500 bits per heavy atom. The third kappa shape index (κ3) is 21.2. The first-order valence-electron chi connectivity index (χ1n) is 21.3. The first-order chi connectivity index (χ1) is 22.5. The van der Waals surface area contributed by atoms with Gasteiger partial charge in [-0.15, -0.1) is 0 Å². The Bertz CT molecular complexity index is 706. The van der Waals surface area contributed by atoms with Crippen LogP contribution in [0.4, 0.5) is 0 Å². The molecule has 0 saturated carbocycles. The summed E-state index contributed by atoms with van der Waals surface area (Å²) >= 11 is 0. The molecule has 0 amide bonds. The monoisotopic (exact) mass is 677 g/mol. The van der Waals surface area contributed by atoms with Crippen molar-refractivity contribution in [1.29, 1.82) is 0 Å². The van der Waals surface area contributed by atoms with E-state index in [2.05, 4.69) is 65.8 Å². The second kappa shape index (κ2) is 29.9. The van der Waals surface area contributed by atoms with Gasteiger partial charge in [-0.3, -0.25) is 0 Å². The summed E-state index contributed by atoms with van der Waals surface area (Å²) in [5.74, 6) is 0. The van der Waals surface area contributed by atoms with Crippen LogP contribution in [0.2, 0.25) is 0 Å². The molecule has 270 valence electrons. The van der Waals surface area contributed by atoms with E-state index in [-0.39, 0.29) is 0 Å². The van der Waals surface area contributed by atoms with E-state index in [9.17, 15) is 0 Å². The summed E-state index contributed by atoms with van der Waals surface area (Å²) in [4.78, 5) is 0. The summed E-state index contributed by atoms with van der Waals surface area (Å²) in [5, 5.41) is 0. The Labute approximate surface area is 293 Å². The minimum absolute atomic E-state index is 0.897. The summed E-state index contributed by atoms with van der Waals surface area (Å²) in [5.41, 5.74) is 3.37. The van der Waals surface area contributed by atoms with Gasteiger partial charge >= 0.3 is 0 Å². The van der Waals surface area contributed by atoms with Gasteiger partial charge < -0.3 is 0 Å². The third-order valence-electron chi connectivity index (χ3n) is 11.0. The van der Waals surface area contributed by atoms with Crippen LogP contribution in [0.15, 0.2) is 24.3 Å². The molecule has 0 spiro atoms. The molecule has 1 aromatic rings. The van der Waals surface area contributed by atoms with Crippen LogP contribution in [0, 0.1) is 0 Å². The molecule has 0 aliphatic rings. The lowest BCUT2D eigenvalue weighted by Crippen LogP contribution is -2.13. The summed E-state index contributed by atoms with van der Waals surface area (Å²) in [7, 11) is -1.88. The maximum atomic E-state index is 2.63. The Balaban J connectivity index is 3.13. The number of unbranched alkanes of at least 4 members (excludes halogenated alkanes) is 18. The maximum Gasteiger partial charge on any atom is 0.0842 e. The molecular weight excluding hydrogens is 590 g/mol. The van der Waals surface area contributed by atoms with Gasteiger partial charge in [0.25, 0.3) is 0 Å². The van der Waals surface area contributed by atoms with Gasteiger partial charge in [-0.25, -0.2) is 0 Å². The highest BCUT2D eigenvalue weighted by atomic mass is 31.2. The largest absolute Gasteiger partial charge is 0.0842 e. The molecular formula is C44H86P2+2. The van der Waals surface area contributed by atoms with E-state index in [0.29, 0.717) is 0 Å². The lowest BCUT2D eigenvalue weighted by Gasteiger charge is -2.29. The van der Waals surface area contributed by atoms with Crippen molar-refractivity contribution in [2.45, 2.75) is 208 Å². The van der Waals surface area contributed by atoms with Crippen LogP contribution in [0.25, 0.3) is 0 Å². The van der Waals surface area contributed by atoms with Gasteiger partial charge in [-0.05, 0) is 68.9 Å². The van der Waals surface area contributed by atoms with Crippen molar-refractivity contribution in [2.75, 3.05) is 37.0 Å². The second-order valence-corrected chi connectivity index (χ2v) is 24.2. The lowest BCUT2D eigenvalue weighted by atomic mass is 10.1. The third-order valence-corrected chi connectivity index (χ3v) is 20.6. The average Bonchev–Trinajstić information content (AvgIpc) is 3.07. The summed E-state index contributed by atoms with van der Waals surface area (Å²) in [6, 6.07) is 10.5. The topological polar surface area (TPSA) is 0 Å². The summed E-state index contributed by atoms with van der Waals surface area (Å²) in [6.45, 7) is 14.3. The predicted octanol–water partition coefficient (Wildman–Crippen LogP) is 16.2. The van der Waals surface area contributed by atoms with E-state index in [1.165, 1.54) is 185 Å². The van der Waals surface area contributed by atoms with Crippen LogP contribution in [0.1, 0.15) is 207 Å². The van der Waals surface area contributed by atoms with Crippen molar-refractivity contribution < 1.29 is 0 Å². The molecule has 0 aliphatic heterocycles. The van der Waals surface area contributed by atoms with Crippen LogP contribution in [0.5, 0.6) is 0 Å². The molecule has 0 fully saturated rings. The summed E-state index contributed by atoms with van der Waals surface area (Å²) in [6.07, 6.45) is 46.7. The van der Waals surface area contributed by atoms with Crippen LogP contribution in [-0.2, 0) is 12.3 Å². The van der Waals surface area contributed by atoms with E-state index < -0.39 is 14.5 Å². The maximum absolute atomic E-state index is 2.63. The van der Waals surface area contributed by atoms with Crippen molar-refractivity contribution in [3.8, 4) is 0 Å². The molecule has 0 unspecified atom stereocenters. The SMILES string of the molecule is CCCCCCCC[P+](CCCCCCCC)(CCCCCCCC)Cc1ccc(C[P+](CCCC)(CCCC)CCCC)cc1. The summed E-state index contributed by atoms with van der Waals surface area (Å²) < 4.78 is 0. The fraction of sp³-hybridized carbons (Fsp3) is 0.864. The van der Waals surface area contributed by atoms with Crippen molar-refractivity contribution in [3.05, 3.63) is 35.4 Å². The van der Waals surface area contributed by atoms with E-state index in [1.54, 1.807) is 29.6 Å². The van der Waals surface area contributed by atoms with Gasteiger partial charge in [-0.1, -0.05) is 162 Å². The normalized spacial score (nSPS) is 12.3. The lowest BCUT2D eigenvalue weighted by molar-refractivity contribution is 0.615. The Morgan fingerprint density at radius 1 is 0.283 bits per heavy atom. The highest BCUT2D eigenvalue weighted by Crippen LogP contribution is 2.65. The van der Waals surface area contributed by atoms with E-state index in [0.717, 1.165) is 0 Å². The molecule has 1 aromatic carbocycles. The highest BCUT2D eigenvalue weighted by molar-refractivity contribution is 7.75. The number of hydrogen-bond donors (Lipinski definition) is 0. The molecule has 2 heteroatoms. The number of benzene rings is 1. The molecule has 0 aromatic heterocycles. The van der Waals surface area contributed by atoms with Crippen molar-refractivity contribution in [1.82, 2.24) is 0 Å². The van der Waals surface area contributed by atoms with E-state index in [4.69, 9.17) is 0 Å². The first-order valence-corrected chi connectivity index (χ1v) is 26.4. The minimum atomic E-state index is -0.978. The van der Waals surface area contributed by atoms with Gasteiger partial charge in [0.15, 0.2) is 0 Å². The molecule has 0 nitrogen and oxygen atoms in total. The zero-order chi connectivity index (χ0) is 33.6. The van der Waals surface area contributed by atoms with Crippen molar-refractivity contribution in [3.63, 3.8) is 0 Å². The number of hydrogen-bond acceptors (Lipinski definition) is 0. The molecule has 0 atom stereocenters. The molecule has 1 rings (SSSR count). The van der Waals surface area contributed by atoms with Gasteiger partial charge in [-0.2, -0.15) is 0 Å². The predicted molar refractivity (Wildman–Crippen MR) is 222 cm³/mol. The molecule has 0 heterocycles. The highest BCUT2D eigenvalue weighted by Gasteiger charge is 2.37. The molecule has 0 bridgehead atoms. The van der Waals surface area contributed by atoms with Crippen LogP contribution in [-0.4, -0.2) is 37.0 Å². The molecule has 0 N–H and O–H groups in total. The van der Waals surface area contributed by atoms with Crippen molar-refractivity contribution in [2.24, 2.45) is 0 Å². The fourth-order valence-corrected chi connectivity index (χ4v) is 17.7. The van der Waals surface area contributed by atoms with Gasteiger partial charge in [0, 0.05) is 14.5 Å². The average molecular weight is 677 g/mol. The standard InChI is InChI=1S/C44H86P2/c1-7-13-19-22-25-28-38-46(39-29-26-23-20-14-8-2,40-30-27-24-21-15-9-3)42-44-33-31-43(32-34-44)41-45(35-16-10-4,36-17-11-5)37-18-12-6/h31-34H,7-30,35-42H2,1-6H3/q+2. The molecule has 0 saturated heterocycles. The van der Waals surface area contributed by atoms with Gasteiger partial charge in [0.1, 0.15) is 0 Å². The van der Waals surface area contributed by atoms with Crippen LogP contribution in [0.3, 0.4) is 0 Å².